The summed E-state index contributed by atoms with van der Waals surface area (Å²) in [5.74, 6) is 0.978. The highest BCUT2D eigenvalue weighted by atomic mass is 16.5. The molecular formula is C15H23NO3. The quantitative estimate of drug-likeness (QED) is 0.852. The van der Waals surface area contributed by atoms with E-state index >= 15 is 0 Å². The van der Waals surface area contributed by atoms with Gasteiger partial charge in [-0.25, -0.2) is 0 Å². The Bertz CT molecular complexity index is 353. The number of rotatable bonds is 3. The van der Waals surface area contributed by atoms with Crippen molar-refractivity contribution in [2.24, 2.45) is 0 Å². The molecule has 0 radical (unpaired) electrons. The molecule has 1 fully saturated rings. The number of hydrogen-bond acceptors (Lipinski definition) is 4. The summed E-state index contributed by atoms with van der Waals surface area (Å²) in [5, 5.41) is 3.27. The number of carbonyl (C=O) groups excluding carboxylic acids is 1. The molecule has 0 bridgehead atoms. The number of carbonyl (C=O) groups is 1. The Labute approximate surface area is 115 Å². The topological polar surface area (TPSA) is 47.6 Å². The summed E-state index contributed by atoms with van der Waals surface area (Å²) >= 11 is 0. The van der Waals surface area contributed by atoms with Crippen LogP contribution < -0.4 is 10.1 Å². The molecule has 1 aliphatic heterocycles. The summed E-state index contributed by atoms with van der Waals surface area (Å²) in [4.78, 5) is 9.60. The van der Waals surface area contributed by atoms with E-state index in [0.29, 0.717) is 12.6 Å². The molecule has 0 amide bonds. The van der Waals surface area contributed by atoms with E-state index in [4.69, 9.17) is 4.74 Å². The van der Waals surface area contributed by atoms with Crippen molar-refractivity contribution in [2.75, 3.05) is 13.1 Å². The Hall–Kier alpha value is -1.55. The van der Waals surface area contributed by atoms with Crippen molar-refractivity contribution in [3.8, 4) is 5.75 Å². The van der Waals surface area contributed by atoms with Crippen molar-refractivity contribution < 1.29 is 14.3 Å². The second kappa shape index (κ2) is 7.79. The standard InChI is InChI=1S/C10H13NO.C5H10O2/c1-2-4-9(5-3-1)12-10-6-7-11-8-10;1-5(2,3)7-4-6/h1-5,10-11H,6-8H2;4H,1-3H3/t10-;/m0./s1. The van der Waals surface area contributed by atoms with Crippen LogP contribution in [0.1, 0.15) is 27.2 Å². The fourth-order valence-corrected chi connectivity index (χ4v) is 1.56. The Kier molecular flexibility index (Phi) is 6.36. The Morgan fingerprint density at radius 3 is 2.37 bits per heavy atom. The van der Waals surface area contributed by atoms with E-state index in [-0.39, 0.29) is 5.60 Å². The van der Waals surface area contributed by atoms with Gasteiger partial charge in [-0.2, -0.15) is 0 Å². The van der Waals surface area contributed by atoms with E-state index in [0.717, 1.165) is 25.3 Å². The monoisotopic (exact) mass is 265 g/mol. The maximum absolute atomic E-state index is 9.60. The van der Waals surface area contributed by atoms with E-state index < -0.39 is 0 Å². The Morgan fingerprint density at radius 2 is 1.95 bits per heavy atom. The van der Waals surface area contributed by atoms with Gasteiger partial charge in [-0.1, -0.05) is 18.2 Å². The average molecular weight is 265 g/mol. The van der Waals surface area contributed by atoms with Gasteiger partial charge in [-0.15, -0.1) is 0 Å². The first kappa shape index (κ1) is 15.5. The van der Waals surface area contributed by atoms with Gasteiger partial charge in [0, 0.05) is 6.54 Å². The lowest BCUT2D eigenvalue weighted by Crippen LogP contribution is -2.19. The van der Waals surface area contributed by atoms with Crippen LogP contribution in [0.4, 0.5) is 0 Å². The molecule has 0 unspecified atom stereocenters. The third-order valence-electron chi connectivity index (χ3n) is 2.46. The number of ether oxygens (including phenoxy) is 2. The molecule has 0 saturated carbocycles. The van der Waals surface area contributed by atoms with Crippen molar-refractivity contribution in [2.45, 2.75) is 38.9 Å². The number of hydrogen-bond donors (Lipinski definition) is 1. The molecule has 2 rings (SSSR count). The van der Waals surface area contributed by atoms with Crippen LogP contribution in [0, 0.1) is 0 Å². The molecule has 1 aliphatic rings. The van der Waals surface area contributed by atoms with Crippen LogP contribution in [0.25, 0.3) is 0 Å². The molecule has 4 nitrogen and oxygen atoms in total. The van der Waals surface area contributed by atoms with Gasteiger partial charge >= 0.3 is 0 Å². The third kappa shape index (κ3) is 7.47. The first-order valence-electron chi connectivity index (χ1n) is 6.55. The third-order valence-corrected chi connectivity index (χ3v) is 2.46. The van der Waals surface area contributed by atoms with Crippen LogP contribution in [0.2, 0.25) is 0 Å². The smallest absolute Gasteiger partial charge is 0.293 e. The van der Waals surface area contributed by atoms with E-state index in [1.54, 1.807) is 0 Å². The fraction of sp³-hybridized carbons (Fsp3) is 0.533. The molecule has 1 aromatic rings. The largest absolute Gasteiger partial charge is 0.489 e. The molecule has 106 valence electrons. The summed E-state index contributed by atoms with van der Waals surface area (Å²) in [6.45, 7) is 7.98. The van der Waals surface area contributed by atoms with E-state index in [1.165, 1.54) is 0 Å². The van der Waals surface area contributed by atoms with E-state index in [1.807, 2.05) is 51.1 Å². The molecule has 1 atom stereocenters. The van der Waals surface area contributed by atoms with Gasteiger partial charge < -0.3 is 14.8 Å². The summed E-state index contributed by atoms with van der Waals surface area (Å²) in [6, 6.07) is 9.99. The minimum Gasteiger partial charge on any atom is -0.489 e. The lowest BCUT2D eigenvalue weighted by Gasteiger charge is -2.14. The maximum Gasteiger partial charge on any atom is 0.293 e. The van der Waals surface area contributed by atoms with Gasteiger partial charge in [0.1, 0.15) is 17.5 Å². The minimum absolute atomic E-state index is 0.318. The predicted octanol–water partition coefficient (Wildman–Crippen LogP) is 2.39. The molecule has 1 saturated heterocycles. The molecule has 1 aromatic carbocycles. The van der Waals surface area contributed by atoms with Gasteiger partial charge in [-0.3, -0.25) is 4.79 Å². The molecule has 1 N–H and O–H groups in total. The van der Waals surface area contributed by atoms with E-state index in [9.17, 15) is 4.79 Å². The summed E-state index contributed by atoms with van der Waals surface area (Å²) in [5.41, 5.74) is -0.318. The highest BCUT2D eigenvalue weighted by Gasteiger charge is 2.15. The molecule has 19 heavy (non-hydrogen) atoms. The summed E-state index contributed by atoms with van der Waals surface area (Å²) in [7, 11) is 0. The normalized spacial score (nSPS) is 18.2. The summed E-state index contributed by atoms with van der Waals surface area (Å²) in [6.07, 6.45) is 1.49. The second-order valence-corrected chi connectivity index (χ2v) is 5.37. The SMILES string of the molecule is CC(C)(C)OC=O.c1ccc(O[C@H]2CCNC2)cc1. The van der Waals surface area contributed by atoms with Crippen molar-refractivity contribution in [3.63, 3.8) is 0 Å². The van der Waals surface area contributed by atoms with Gasteiger partial charge in [0.15, 0.2) is 0 Å². The van der Waals surface area contributed by atoms with Crippen molar-refractivity contribution >= 4 is 6.47 Å². The highest BCUT2D eigenvalue weighted by molar-refractivity contribution is 5.37. The van der Waals surface area contributed by atoms with Crippen LogP contribution in [0.3, 0.4) is 0 Å². The first-order valence-corrected chi connectivity index (χ1v) is 6.55. The zero-order valence-corrected chi connectivity index (χ0v) is 11.9. The molecule has 4 heteroatoms. The zero-order valence-electron chi connectivity index (χ0n) is 11.9. The van der Waals surface area contributed by atoms with Crippen LogP contribution in [0.15, 0.2) is 30.3 Å². The lowest BCUT2D eigenvalue weighted by molar-refractivity contribution is -0.138. The number of para-hydroxylation sites is 1. The maximum atomic E-state index is 9.60. The Balaban J connectivity index is 0.000000224. The van der Waals surface area contributed by atoms with Gasteiger partial charge in [0.05, 0.1) is 0 Å². The van der Waals surface area contributed by atoms with Gasteiger partial charge in [0.2, 0.25) is 0 Å². The fourth-order valence-electron chi connectivity index (χ4n) is 1.56. The molecular weight excluding hydrogens is 242 g/mol. The van der Waals surface area contributed by atoms with Crippen molar-refractivity contribution in [1.29, 1.82) is 0 Å². The lowest BCUT2D eigenvalue weighted by atomic mass is 10.2. The van der Waals surface area contributed by atoms with Gasteiger partial charge in [-0.05, 0) is 45.9 Å². The zero-order chi connectivity index (χ0) is 14.1. The molecule has 0 aromatic heterocycles. The van der Waals surface area contributed by atoms with Crippen LogP contribution in [-0.2, 0) is 9.53 Å². The van der Waals surface area contributed by atoms with Crippen LogP contribution >= 0.6 is 0 Å². The van der Waals surface area contributed by atoms with E-state index in [2.05, 4.69) is 10.1 Å². The summed E-state index contributed by atoms with van der Waals surface area (Å²) < 4.78 is 10.3. The first-order chi connectivity index (χ1) is 9.01. The minimum atomic E-state index is -0.318. The number of benzene rings is 1. The molecule has 1 heterocycles. The van der Waals surface area contributed by atoms with Crippen LogP contribution in [-0.4, -0.2) is 31.3 Å². The van der Waals surface area contributed by atoms with Crippen molar-refractivity contribution in [3.05, 3.63) is 30.3 Å². The second-order valence-electron chi connectivity index (χ2n) is 5.37. The van der Waals surface area contributed by atoms with Crippen LogP contribution in [0.5, 0.6) is 5.75 Å². The average Bonchev–Trinajstić information content (AvgIpc) is 2.82. The molecule has 0 spiro atoms. The number of nitrogens with one attached hydrogen (secondary N) is 1. The Morgan fingerprint density at radius 1 is 1.26 bits per heavy atom. The van der Waals surface area contributed by atoms with Crippen molar-refractivity contribution in [1.82, 2.24) is 5.32 Å². The molecule has 0 aliphatic carbocycles. The predicted molar refractivity (Wildman–Crippen MR) is 75.2 cm³/mol. The van der Waals surface area contributed by atoms with Gasteiger partial charge in [0.25, 0.3) is 6.47 Å². The highest BCUT2D eigenvalue weighted by Crippen LogP contribution is 2.13.